The zero-order valence-corrected chi connectivity index (χ0v) is 16.3. The molecule has 3 rings (SSSR count). The third kappa shape index (κ3) is 3.93. The fourth-order valence-corrected chi connectivity index (χ4v) is 4.00. The van der Waals surface area contributed by atoms with Crippen molar-refractivity contribution in [3.8, 4) is 0 Å². The third-order valence-corrected chi connectivity index (χ3v) is 5.88. The van der Waals surface area contributed by atoms with Gasteiger partial charge in [0.25, 0.3) is 0 Å². The van der Waals surface area contributed by atoms with Crippen LogP contribution in [0.25, 0.3) is 0 Å². The van der Waals surface area contributed by atoms with Gasteiger partial charge in [0.2, 0.25) is 11.8 Å². The molecule has 1 aromatic rings. The Kier molecular flexibility index (Phi) is 5.97. The molecule has 5 nitrogen and oxygen atoms in total. The van der Waals surface area contributed by atoms with Gasteiger partial charge >= 0.3 is 0 Å². The number of carbonyl (C=O) groups is 2. The predicted octanol–water partition coefficient (Wildman–Crippen LogP) is 2.72. The summed E-state index contributed by atoms with van der Waals surface area (Å²) in [4.78, 5) is 31.8. The molecule has 2 unspecified atom stereocenters. The van der Waals surface area contributed by atoms with E-state index in [2.05, 4.69) is 31.9 Å². The van der Waals surface area contributed by atoms with Gasteiger partial charge < -0.3 is 14.7 Å². The van der Waals surface area contributed by atoms with E-state index in [1.165, 1.54) is 5.56 Å². The van der Waals surface area contributed by atoms with Crippen LogP contribution in [0.1, 0.15) is 44.6 Å². The Bertz CT molecular complexity index is 660. The molecule has 0 saturated carbocycles. The summed E-state index contributed by atoms with van der Waals surface area (Å²) in [6, 6.07) is 8.14. The van der Waals surface area contributed by atoms with Crippen LogP contribution in [0.4, 0.5) is 5.69 Å². The van der Waals surface area contributed by atoms with Gasteiger partial charge in [-0.3, -0.25) is 9.59 Å². The van der Waals surface area contributed by atoms with E-state index in [0.717, 1.165) is 44.7 Å². The zero-order valence-electron chi connectivity index (χ0n) is 16.3. The van der Waals surface area contributed by atoms with Gasteiger partial charge in [0.05, 0.1) is 5.92 Å². The predicted molar refractivity (Wildman–Crippen MR) is 104 cm³/mol. The summed E-state index contributed by atoms with van der Waals surface area (Å²) in [5.74, 6) is 0.411. The average molecular weight is 357 g/mol. The molecule has 0 spiro atoms. The smallest absolute Gasteiger partial charge is 0.228 e. The SMILES string of the molecule is CCC(C)c1ccccc1N1CC(C(=O)N2CCCN(C)CC2)CC1=O. The van der Waals surface area contributed by atoms with Gasteiger partial charge in [-0.05, 0) is 44.0 Å². The number of hydrogen-bond donors (Lipinski definition) is 0. The molecule has 0 aliphatic carbocycles. The number of nitrogens with zero attached hydrogens (tertiary/aromatic N) is 3. The van der Waals surface area contributed by atoms with Crippen LogP contribution in [0.5, 0.6) is 0 Å². The first-order chi connectivity index (χ1) is 12.5. The van der Waals surface area contributed by atoms with Crippen LogP contribution in [0, 0.1) is 5.92 Å². The molecule has 0 N–H and O–H groups in total. The summed E-state index contributed by atoms with van der Waals surface area (Å²) >= 11 is 0. The van der Waals surface area contributed by atoms with Gasteiger partial charge in [-0.1, -0.05) is 32.0 Å². The molecule has 142 valence electrons. The Morgan fingerprint density at radius 2 is 1.96 bits per heavy atom. The number of carbonyl (C=O) groups excluding carboxylic acids is 2. The highest BCUT2D eigenvalue weighted by Gasteiger charge is 2.38. The molecular formula is C21H31N3O2. The fraction of sp³-hybridized carbons (Fsp3) is 0.619. The minimum Gasteiger partial charge on any atom is -0.341 e. The number of likely N-dealkylation sites (N-methyl/N-ethyl adjacent to an activating group) is 1. The number of hydrogen-bond acceptors (Lipinski definition) is 3. The second-order valence-corrected chi connectivity index (χ2v) is 7.76. The fourth-order valence-electron chi connectivity index (χ4n) is 4.00. The first-order valence-corrected chi connectivity index (χ1v) is 9.87. The van der Waals surface area contributed by atoms with Gasteiger partial charge in [0.15, 0.2) is 0 Å². The number of para-hydroxylation sites is 1. The Morgan fingerprint density at radius 1 is 1.19 bits per heavy atom. The number of anilines is 1. The summed E-state index contributed by atoms with van der Waals surface area (Å²) in [7, 11) is 2.10. The number of benzene rings is 1. The normalized spacial score (nSPS) is 23.2. The molecule has 0 radical (unpaired) electrons. The van der Waals surface area contributed by atoms with Crippen molar-refractivity contribution in [3.63, 3.8) is 0 Å². The van der Waals surface area contributed by atoms with E-state index in [-0.39, 0.29) is 17.7 Å². The summed E-state index contributed by atoms with van der Waals surface area (Å²) in [6.45, 7) is 8.37. The van der Waals surface area contributed by atoms with Gasteiger partial charge in [0.1, 0.15) is 0 Å². The first-order valence-electron chi connectivity index (χ1n) is 9.87. The van der Waals surface area contributed by atoms with E-state index < -0.39 is 0 Å². The van der Waals surface area contributed by atoms with Crippen molar-refractivity contribution < 1.29 is 9.59 Å². The largest absolute Gasteiger partial charge is 0.341 e. The second-order valence-electron chi connectivity index (χ2n) is 7.76. The highest BCUT2D eigenvalue weighted by molar-refractivity contribution is 6.00. The molecule has 5 heteroatoms. The number of amides is 2. The molecule has 2 amide bonds. The molecule has 2 atom stereocenters. The highest BCUT2D eigenvalue weighted by atomic mass is 16.2. The molecule has 2 aliphatic rings. The maximum absolute atomic E-state index is 13.0. The van der Waals surface area contributed by atoms with Crippen molar-refractivity contribution in [2.45, 2.75) is 39.0 Å². The molecule has 2 fully saturated rings. The Morgan fingerprint density at radius 3 is 2.73 bits per heavy atom. The summed E-state index contributed by atoms with van der Waals surface area (Å²) in [6.07, 6.45) is 2.37. The summed E-state index contributed by atoms with van der Waals surface area (Å²) in [5.41, 5.74) is 2.19. The third-order valence-electron chi connectivity index (χ3n) is 5.88. The van der Waals surface area contributed by atoms with Crippen LogP contribution in [-0.4, -0.2) is 61.4 Å². The van der Waals surface area contributed by atoms with Crippen LogP contribution in [-0.2, 0) is 9.59 Å². The van der Waals surface area contributed by atoms with Crippen LogP contribution < -0.4 is 4.90 Å². The van der Waals surface area contributed by atoms with E-state index in [4.69, 9.17) is 0 Å². The Balaban J connectivity index is 1.74. The lowest BCUT2D eigenvalue weighted by Gasteiger charge is -2.25. The number of rotatable bonds is 4. The van der Waals surface area contributed by atoms with E-state index >= 15 is 0 Å². The molecule has 0 bridgehead atoms. The van der Waals surface area contributed by atoms with Crippen molar-refractivity contribution in [2.75, 3.05) is 44.7 Å². The van der Waals surface area contributed by atoms with E-state index in [0.29, 0.717) is 18.9 Å². The maximum atomic E-state index is 13.0. The van der Waals surface area contributed by atoms with Crippen molar-refractivity contribution >= 4 is 17.5 Å². The van der Waals surface area contributed by atoms with Gasteiger partial charge in [-0.15, -0.1) is 0 Å². The van der Waals surface area contributed by atoms with Crippen molar-refractivity contribution in [3.05, 3.63) is 29.8 Å². The highest BCUT2D eigenvalue weighted by Crippen LogP contribution is 2.34. The standard InChI is InChI=1S/C21H31N3O2/c1-4-16(2)18-8-5-6-9-19(18)24-15-17(14-20(24)25)21(26)23-11-7-10-22(3)12-13-23/h5-6,8-9,16-17H,4,7,10-15H2,1-3H3. The van der Waals surface area contributed by atoms with E-state index in [1.807, 2.05) is 28.0 Å². The average Bonchev–Trinajstić information content (AvgIpc) is 2.90. The molecule has 26 heavy (non-hydrogen) atoms. The van der Waals surface area contributed by atoms with Crippen LogP contribution in [0.3, 0.4) is 0 Å². The minimum absolute atomic E-state index is 0.0750. The Labute approximate surface area is 156 Å². The lowest BCUT2D eigenvalue weighted by molar-refractivity contribution is -0.135. The monoisotopic (exact) mass is 357 g/mol. The Hall–Kier alpha value is -1.88. The topological polar surface area (TPSA) is 43.9 Å². The summed E-state index contributed by atoms with van der Waals surface area (Å²) in [5, 5.41) is 0. The molecule has 2 heterocycles. The van der Waals surface area contributed by atoms with Crippen molar-refractivity contribution in [1.29, 1.82) is 0 Å². The van der Waals surface area contributed by atoms with Gasteiger partial charge in [-0.2, -0.15) is 0 Å². The minimum atomic E-state index is -0.212. The van der Waals surface area contributed by atoms with Gasteiger partial charge in [-0.25, -0.2) is 0 Å². The quantitative estimate of drug-likeness (QED) is 0.832. The lowest BCUT2D eigenvalue weighted by atomic mass is 9.96. The van der Waals surface area contributed by atoms with Crippen LogP contribution >= 0.6 is 0 Å². The molecule has 2 aliphatic heterocycles. The lowest BCUT2D eigenvalue weighted by Crippen LogP contribution is -2.39. The van der Waals surface area contributed by atoms with Crippen molar-refractivity contribution in [2.24, 2.45) is 5.92 Å². The van der Waals surface area contributed by atoms with Gasteiger partial charge in [0, 0.05) is 38.3 Å². The van der Waals surface area contributed by atoms with E-state index in [1.54, 1.807) is 0 Å². The molecule has 1 aromatic carbocycles. The van der Waals surface area contributed by atoms with Crippen LogP contribution in [0.2, 0.25) is 0 Å². The first kappa shape index (κ1) is 18.9. The van der Waals surface area contributed by atoms with Crippen molar-refractivity contribution in [1.82, 2.24) is 9.80 Å². The van der Waals surface area contributed by atoms with Crippen LogP contribution in [0.15, 0.2) is 24.3 Å². The molecule has 0 aromatic heterocycles. The second kappa shape index (κ2) is 8.21. The molecule has 2 saturated heterocycles. The van der Waals surface area contributed by atoms with E-state index in [9.17, 15) is 9.59 Å². The zero-order chi connectivity index (χ0) is 18.7. The summed E-state index contributed by atoms with van der Waals surface area (Å²) < 4.78 is 0. The maximum Gasteiger partial charge on any atom is 0.228 e. The molecular weight excluding hydrogens is 326 g/mol.